The number of thiol groups is 1. The molecule has 1 aliphatic rings. The van der Waals surface area contributed by atoms with Crippen LogP contribution in [0.4, 0.5) is 5.69 Å². The van der Waals surface area contributed by atoms with Gasteiger partial charge in [-0.3, -0.25) is 5.01 Å². The zero-order valence-electron chi connectivity index (χ0n) is 11.1. The fourth-order valence-corrected chi connectivity index (χ4v) is 2.75. The molecule has 0 radical (unpaired) electrons. The van der Waals surface area contributed by atoms with Crippen molar-refractivity contribution in [3.63, 3.8) is 0 Å². The maximum atomic E-state index is 10.9. The van der Waals surface area contributed by atoms with Crippen LogP contribution in [-0.2, 0) is 10.7 Å². The van der Waals surface area contributed by atoms with Crippen molar-refractivity contribution in [1.82, 2.24) is 0 Å². The van der Waals surface area contributed by atoms with Gasteiger partial charge in [0.1, 0.15) is 0 Å². The molecule has 0 aliphatic carbocycles. The first-order valence-corrected chi connectivity index (χ1v) is 8.04. The quantitative estimate of drug-likeness (QED) is 0.885. The fourth-order valence-electron chi connectivity index (χ4n) is 2.24. The van der Waals surface area contributed by atoms with Gasteiger partial charge in [-0.05, 0) is 42.0 Å². The summed E-state index contributed by atoms with van der Waals surface area (Å²) in [5.74, 6) is 0. The molecule has 21 heavy (non-hydrogen) atoms. The number of anilines is 1. The molecule has 0 amide bonds. The van der Waals surface area contributed by atoms with Gasteiger partial charge in [-0.15, -0.1) is 0 Å². The molecule has 0 N–H and O–H groups in total. The standard InChI is InChI=1S/C15H13ClN2O2S/c16-12-3-1-11(2-4-12)15-9-10-18(17-15)13-5-7-14(8-6-13)21(19)20/h1-8,21H,9-10H2. The first-order valence-electron chi connectivity index (χ1n) is 6.49. The average Bonchev–Trinajstić information content (AvgIpc) is 2.98. The minimum absolute atomic E-state index is 0.315. The Kier molecular flexibility index (Phi) is 3.94. The molecule has 2 aromatic rings. The summed E-state index contributed by atoms with van der Waals surface area (Å²) in [7, 11) is -2.54. The van der Waals surface area contributed by atoms with Crippen molar-refractivity contribution in [3.8, 4) is 0 Å². The van der Waals surface area contributed by atoms with E-state index in [1.807, 2.05) is 29.3 Å². The van der Waals surface area contributed by atoms with Crippen LogP contribution in [0.5, 0.6) is 0 Å². The van der Waals surface area contributed by atoms with Gasteiger partial charge < -0.3 is 0 Å². The minimum atomic E-state index is -2.54. The van der Waals surface area contributed by atoms with E-state index in [0.717, 1.165) is 29.9 Å². The molecule has 108 valence electrons. The summed E-state index contributed by atoms with van der Waals surface area (Å²) in [6.45, 7) is 0.779. The van der Waals surface area contributed by atoms with Gasteiger partial charge in [0.05, 0.1) is 16.3 Å². The third-order valence-corrected chi connectivity index (χ3v) is 4.31. The number of benzene rings is 2. The van der Waals surface area contributed by atoms with Crippen LogP contribution in [0, 0.1) is 0 Å². The summed E-state index contributed by atoms with van der Waals surface area (Å²) in [5, 5.41) is 7.17. The summed E-state index contributed by atoms with van der Waals surface area (Å²) in [4.78, 5) is 0.315. The molecule has 0 fully saturated rings. The Labute approximate surface area is 129 Å². The zero-order valence-corrected chi connectivity index (χ0v) is 12.7. The van der Waals surface area contributed by atoms with Crippen LogP contribution < -0.4 is 5.01 Å². The molecule has 0 spiro atoms. The SMILES string of the molecule is O=[SH](=O)c1ccc(N2CCC(c3ccc(Cl)cc3)=N2)cc1. The highest BCUT2D eigenvalue weighted by atomic mass is 35.5. The fraction of sp³-hybridized carbons (Fsp3) is 0.133. The molecule has 3 rings (SSSR count). The number of hydrogen-bond acceptors (Lipinski definition) is 4. The van der Waals surface area contributed by atoms with Crippen LogP contribution in [0.1, 0.15) is 12.0 Å². The maximum absolute atomic E-state index is 10.9. The Morgan fingerprint density at radius 1 is 1.00 bits per heavy atom. The summed E-state index contributed by atoms with van der Waals surface area (Å²) in [5.41, 5.74) is 2.95. The van der Waals surface area contributed by atoms with E-state index in [4.69, 9.17) is 11.6 Å². The van der Waals surface area contributed by atoms with Gasteiger partial charge in [-0.25, -0.2) is 8.42 Å². The Hall–Kier alpha value is -1.85. The third kappa shape index (κ3) is 3.09. The van der Waals surface area contributed by atoms with Crippen LogP contribution in [-0.4, -0.2) is 20.7 Å². The lowest BCUT2D eigenvalue weighted by atomic mass is 10.1. The minimum Gasteiger partial charge on any atom is -0.265 e. The second kappa shape index (κ2) is 5.87. The molecular weight excluding hydrogens is 308 g/mol. The predicted octanol–water partition coefficient (Wildman–Crippen LogP) is 2.92. The van der Waals surface area contributed by atoms with Crippen molar-refractivity contribution < 1.29 is 8.42 Å². The summed E-state index contributed by atoms with van der Waals surface area (Å²) in [6.07, 6.45) is 0.846. The van der Waals surface area contributed by atoms with E-state index in [1.165, 1.54) is 0 Å². The number of halogens is 1. The normalized spacial score (nSPS) is 14.6. The van der Waals surface area contributed by atoms with Gasteiger partial charge in [0, 0.05) is 18.0 Å². The van der Waals surface area contributed by atoms with Gasteiger partial charge >= 0.3 is 0 Å². The van der Waals surface area contributed by atoms with Gasteiger partial charge in [-0.2, -0.15) is 5.10 Å². The van der Waals surface area contributed by atoms with E-state index in [9.17, 15) is 8.42 Å². The van der Waals surface area contributed by atoms with Gasteiger partial charge in [0.2, 0.25) is 0 Å². The number of hydrogen-bond donors (Lipinski definition) is 1. The molecule has 0 atom stereocenters. The van der Waals surface area contributed by atoms with Crippen molar-refractivity contribution in [2.24, 2.45) is 5.10 Å². The monoisotopic (exact) mass is 320 g/mol. The largest absolute Gasteiger partial charge is 0.265 e. The second-order valence-electron chi connectivity index (χ2n) is 4.70. The first kappa shape index (κ1) is 14.1. The smallest absolute Gasteiger partial charge is 0.168 e. The summed E-state index contributed by atoms with van der Waals surface area (Å²) >= 11 is 5.88. The molecule has 0 saturated heterocycles. The first-order chi connectivity index (χ1) is 10.1. The van der Waals surface area contributed by atoms with E-state index in [0.29, 0.717) is 9.92 Å². The Balaban J connectivity index is 1.83. The molecule has 1 aliphatic heterocycles. The highest BCUT2D eigenvalue weighted by molar-refractivity contribution is 7.72. The number of nitrogens with zero attached hydrogens (tertiary/aromatic N) is 2. The molecule has 6 heteroatoms. The van der Waals surface area contributed by atoms with E-state index in [2.05, 4.69) is 5.10 Å². The van der Waals surface area contributed by atoms with E-state index in [-0.39, 0.29) is 0 Å². The Morgan fingerprint density at radius 3 is 2.29 bits per heavy atom. The van der Waals surface area contributed by atoms with Crippen molar-refractivity contribution in [3.05, 3.63) is 59.1 Å². The van der Waals surface area contributed by atoms with Crippen molar-refractivity contribution in [2.45, 2.75) is 11.3 Å². The molecule has 4 nitrogen and oxygen atoms in total. The van der Waals surface area contributed by atoms with Gasteiger partial charge in [0.15, 0.2) is 10.7 Å². The Bertz CT molecular complexity index is 744. The second-order valence-corrected chi connectivity index (χ2v) is 6.17. The van der Waals surface area contributed by atoms with E-state index < -0.39 is 10.7 Å². The van der Waals surface area contributed by atoms with Crippen molar-refractivity contribution >= 4 is 33.7 Å². The summed E-state index contributed by atoms with van der Waals surface area (Å²) in [6, 6.07) is 14.3. The topological polar surface area (TPSA) is 49.7 Å². The van der Waals surface area contributed by atoms with Crippen molar-refractivity contribution in [2.75, 3.05) is 11.6 Å². The van der Waals surface area contributed by atoms with Gasteiger partial charge in [-0.1, -0.05) is 23.7 Å². The van der Waals surface area contributed by atoms with Crippen LogP contribution in [0.2, 0.25) is 5.02 Å². The highest BCUT2D eigenvalue weighted by Gasteiger charge is 2.17. The van der Waals surface area contributed by atoms with E-state index in [1.54, 1.807) is 24.3 Å². The molecule has 0 saturated carbocycles. The summed E-state index contributed by atoms with van der Waals surface area (Å²) < 4.78 is 21.8. The maximum Gasteiger partial charge on any atom is 0.168 e. The number of rotatable bonds is 3. The highest BCUT2D eigenvalue weighted by Crippen LogP contribution is 2.23. The molecule has 0 unspecified atom stereocenters. The zero-order chi connectivity index (χ0) is 14.8. The van der Waals surface area contributed by atoms with Crippen LogP contribution in [0.15, 0.2) is 58.5 Å². The molecule has 0 bridgehead atoms. The van der Waals surface area contributed by atoms with E-state index >= 15 is 0 Å². The lowest BCUT2D eigenvalue weighted by Crippen LogP contribution is -2.11. The van der Waals surface area contributed by atoms with Gasteiger partial charge in [0.25, 0.3) is 0 Å². The molecule has 1 heterocycles. The lowest BCUT2D eigenvalue weighted by Gasteiger charge is -2.13. The Morgan fingerprint density at radius 2 is 1.67 bits per heavy atom. The van der Waals surface area contributed by atoms with Crippen LogP contribution >= 0.6 is 11.6 Å². The third-order valence-electron chi connectivity index (χ3n) is 3.34. The molecule has 0 aromatic heterocycles. The lowest BCUT2D eigenvalue weighted by molar-refractivity contribution is 0.614. The van der Waals surface area contributed by atoms with Crippen LogP contribution in [0.3, 0.4) is 0 Å². The molecular formula is C15H13ClN2O2S. The predicted molar refractivity (Wildman–Crippen MR) is 85.0 cm³/mol. The number of hydrazone groups is 1. The van der Waals surface area contributed by atoms with Crippen molar-refractivity contribution in [1.29, 1.82) is 0 Å². The molecule has 2 aromatic carbocycles. The average molecular weight is 321 g/mol. The van der Waals surface area contributed by atoms with Crippen LogP contribution in [0.25, 0.3) is 0 Å².